The van der Waals surface area contributed by atoms with Gasteiger partial charge in [-0.2, -0.15) is 0 Å². The van der Waals surface area contributed by atoms with Crippen molar-refractivity contribution in [3.05, 3.63) is 29.8 Å². The van der Waals surface area contributed by atoms with E-state index in [2.05, 4.69) is 0 Å². The van der Waals surface area contributed by atoms with Crippen LogP contribution >= 0.6 is 0 Å². The standard InChI is InChI=1S/C11H17BN2O3/c1-14(2)11(15)10(13)7-8-3-5-9(6-4-8)12(16)17/h3-6,10,16-17H,7,13H2,1-2H3/t10-/m0/s1. The number of hydrogen-bond donors (Lipinski definition) is 3. The van der Waals surface area contributed by atoms with Gasteiger partial charge in [0.05, 0.1) is 6.04 Å². The smallest absolute Gasteiger partial charge is 0.423 e. The van der Waals surface area contributed by atoms with Gasteiger partial charge >= 0.3 is 7.12 Å². The predicted octanol–water partition coefficient (Wildman–Crippen LogP) is -1.68. The molecular weight excluding hydrogens is 219 g/mol. The van der Waals surface area contributed by atoms with Gasteiger partial charge in [-0.15, -0.1) is 0 Å². The number of benzene rings is 1. The van der Waals surface area contributed by atoms with Crippen molar-refractivity contribution in [2.45, 2.75) is 12.5 Å². The Morgan fingerprint density at radius 1 is 1.35 bits per heavy atom. The van der Waals surface area contributed by atoms with Crippen molar-refractivity contribution in [1.82, 2.24) is 4.90 Å². The highest BCUT2D eigenvalue weighted by Crippen LogP contribution is 2.02. The molecule has 5 nitrogen and oxygen atoms in total. The van der Waals surface area contributed by atoms with Gasteiger partial charge in [0.1, 0.15) is 0 Å². The van der Waals surface area contributed by atoms with Gasteiger partial charge in [0.2, 0.25) is 5.91 Å². The lowest BCUT2D eigenvalue weighted by Gasteiger charge is -2.16. The maximum Gasteiger partial charge on any atom is 0.488 e. The van der Waals surface area contributed by atoms with E-state index in [9.17, 15) is 4.79 Å². The summed E-state index contributed by atoms with van der Waals surface area (Å²) in [5.41, 5.74) is 7.06. The molecular formula is C11H17BN2O3. The SMILES string of the molecule is CN(C)C(=O)[C@@H](N)Cc1ccc(B(O)O)cc1. The van der Waals surface area contributed by atoms with Crippen LogP contribution in [0.4, 0.5) is 0 Å². The number of hydrogen-bond acceptors (Lipinski definition) is 4. The zero-order chi connectivity index (χ0) is 13.0. The summed E-state index contributed by atoms with van der Waals surface area (Å²) in [6, 6.07) is 6.10. The molecule has 4 N–H and O–H groups in total. The molecule has 1 atom stereocenters. The van der Waals surface area contributed by atoms with Crippen LogP contribution in [0.25, 0.3) is 0 Å². The van der Waals surface area contributed by atoms with E-state index >= 15 is 0 Å². The Hall–Kier alpha value is -1.37. The summed E-state index contributed by atoms with van der Waals surface area (Å²) in [4.78, 5) is 13.0. The fourth-order valence-electron chi connectivity index (χ4n) is 1.50. The molecule has 0 saturated carbocycles. The number of nitrogens with two attached hydrogens (primary N) is 1. The van der Waals surface area contributed by atoms with Crippen LogP contribution < -0.4 is 11.2 Å². The van der Waals surface area contributed by atoms with E-state index < -0.39 is 13.2 Å². The average Bonchev–Trinajstić information content (AvgIpc) is 2.28. The van der Waals surface area contributed by atoms with E-state index in [1.165, 1.54) is 4.90 Å². The first kappa shape index (κ1) is 13.7. The molecule has 0 saturated heterocycles. The van der Waals surface area contributed by atoms with E-state index in [4.69, 9.17) is 15.8 Å². The third-order valence-corrected chi connectivity index (χ3v) is 2.49. The first-order chi connectivity index (χ1) is 7.91. The second kappa shape index (κ2) is 5.81. The van der Waals surface area contributed by atoms with Crippen LogP contribution in [-0.4, -0.2) is 48.1 Å². The van der Waals surface area contributed by atoms with Crippen LogP contribution in [-0.2, 0) is 11.2 Å². The molecule has 0 aliphatic heterocycles. The third kappa shape index (κ3) is 3.85. The molecule has 0 bridgehead atoms. The molecule has 92 valence electrons. The average molecular weight is 236 g/mol. The van der Waals surface area contributed by atoms with Crippen molar-refractivity contribution in [2.75, 3.05) is 14.1 Å². The highest BCUT2D eigenvalue weighted by Gasteiger charge is 2.16. The van der Waals surface area contributed by atoms with Crippen LogP contribution in [0.2, 0.25) is 0 Å². The lowest BCUT2D eigenvalue weighted by Crippen LogP contribution is -2.41. The third-order valence-electron chi connectivity index (χ3n) is 2.49. The van der Waals surface area contributed by atoms with Crippen LogP contribution in [0.3, 0.4) is 0 Å². The monoisotopic (exact) mass is 236 g/mol. The van der Waals surface area contributed by atoms with Crippen molar-refractivity contribution in [3.63, 3.8) is 0 Å². The lowest BCUT2D eigenvalue weighted by molar-refractivity contribution is -0.130. The number of rotatable bonds is 4. The molecule has 1 rings (SSSR count). The minimum Gasteiger partial charge on any atom is -0.423 e. The first-order valence-electron chi connectivity index (χ1n) is 5.33. The summed E-state index contributed by atoms with van der Waals surface area (Å²) in [6.45, 7) is 0. The molecule has 17 heavy (non-hydrogen) atoms. The van der Waals surface area contributed by atoms with Gasteiger partial charge in [-0.3, -0.25) is 4.79 Å². The van der Waals surface area contributed by atoms with E-state index in [0.29, 0.717) is 11.9 Å². The van der Waals surface area contributed by atoms with Crippen LogP contribution in [0.5, 0.6) is 0 Å². The van der Waals surface area contributed by atoms with Crippen molar-refractivity contribution in [1.29, 1.82) is 0 Å². The Kier molecular flexibility index (Phi) is 4.68. The number of carbonyl (C=O) groups is 1. The molecule has 6 heteroatoms. The van der Waals surface area contributed by atoms with Crippen molar-refractivity contribution in [3.8, 4) is 0 Å². The largest absolute Gasteiger partial charge is 0.488 e. The van der Waals surface area contributed by atoms with Crippen molar-refractivity contribution < 1.29 is 14.8 Å². The number of nitrogens with zero attached hydrogens (tertiary/aromatic N) is 1. The van der Waals surface area contributed by atoms with Crippen LogP contribution in [0.1, 0.15) is 5.56 Å². The topological polar surface area (TPSA) is 86.8 Å². The Bertz CT molecular complexity index is 379. The lowest BCUT2D eigenvalue weighted by atomic mass is 9.80. The second-order valence-corrected chi connectivity index (χ2v) is 4.16. The Morgan fingerprint density at radius 2 is 1.88 bits per heavy atom. The van der Waals surface area contributed by atoms with E-state index in [1.807, 2.05) is 0 Å². The summed E-state index contributed by atoms with van der Waals surface area (Å²) in [7, 11) is 1.85. The van der Waals surface area contributed by atoms with Gasteiger partial charge in [0.15, 0.2) is 0 Å². The minimum atomic E-state index is -1.47. The molecule has 1 aromatic rings. The van der Waals surface area contributed by atoms with Gasteiger partial charge in [-0.1, -0.05) is 24.3 Å². The Labute approximate surface area is 101 Å². The number of likely N-dealkylation sites (N-methyl/N-ethyl adjacent to an activating group) is 1. The number of carbonyl (C=O) groups excluding carboxylic acids is 1. The second-order valence-electron chi connectivity index (χ2n) is 4.16. The quantitative estimate of drug-likeness (QED) is 0.545. The predicted molar refractivity (Wildman–Crippen MR) is 66.6 cm³/mol. The molecule has 0 radical (unpaired) electrons. The first-order valence-corrected chi connectivity index (χ1v) is 5.33. The zero-order valence-corrected chi connectivity index (χ0v) is 10.00. The summed E-state index contributed by atoms with van der Waals surface area (Å²) in [6.07, 6.45) is 0.429. The maximum absolute atomic E-state index is 11.5. The molecule has 1 aromatic carbocycles. The molecule has 0 unspecified atom stereocenters. The normalized spacial score (nSPS) is 12.1. The van der Waals surface area contributed by atoms with Crippen molar-refractivity contribution >= 4 is 18.5 Å². The minimum absolute atomic E-state index is 0.128. The van der Waals surface area contributed by atoms with Crippen molar-refractivity contribution in [2.24, 2.45) is 5.73 Å². The Morgan fingerprint density at radius 3 is 2.29 bits per heavy atom. The molecule has 0 fully saturated rings. The van der Waals surface area contributed by atoms with Gasteiger partial charge in [-0.25, -0.2) is 0 Å². The number of amides is 1. The summed E-state index contributed by atoms with van der Waals surface area (Å²) in [5, 5.41) is 17.9. The fraction of sp³-hybridized carbons (Fsp3) is 0.364. The molecule has 1 amide bonds. The van der Waals surface area contributed by atoms with Gasteiger partial charge in [0, 0.05) is 14.1 Å². The molecule has 0 aliphatic carbocycles. The van der Waals surface area contributed by atoms with Gasteiger partial charge < -0.3 is 20.7 Å². The molecule has 0 spiro atoms. The maximum atomic E-state index is 11.5. The molecule has 0 aliphatic rings. The fourth-order valence-corrected chi connectivity index (χ4v) is 1.50. The van der Waals surface area contributed by atoms with Crippen LogP contribution in [0, 0.1) is 0 Å². The summed E-state index contributed by atoms with van der Waals surface area (Å²) in [5.74, 6) is -0.128. The van der Waals surface area contributed by atoms with Gasteiger partial charge in [-0.05, 0) is 17.4 Å². The highest BCUT2D eigenvalue weighted by atomic mass is 16.4. The van der Waals surface area contributed by atoms with E-state index in [-0.39, 0.29) is 5.91 Å². The highest BCUT2D eigenvalue weighted by molar-refractivity contribution is 6.58. The zero-order valence-electron chi connectivity index (χ0n) is 10.00. The summed E-state index contributed by atoms with van der Waals surface area (Å²) >= 11 is 0. The molecule has 0 heterocycles. The summed E-state index contributed by atoms with van der Waals surface area (Å²) < 4.78 is 0. The Balaban J connectivity index is 2.66. The molecule has 0 aromatic heterocycles. The van der Waals surface area contributed by atoms with Crippen LogP contribution in [0.15, 0.2) is 24.3 Å². The van der Waals surface area contributed by atoms with E-state index in [1.54, 1.807) is 38.4 Å². The van der Waals surface area contributed by atoms with Gasteiger partial charge in [0.25, 0.3) is 0 Å². The van der Waals surface area contributed by atoms with E-state index in [0.717, 1.165) is 5.56 Å².